The van der Waals surface area contributed by atoms with Crippen molar-refractivity contribution in [2.24, 2.45) is 17.3 Å². The third-order valence-electron chi connectivity index (χ3n) is 4.54. The van der Waals surface area contributed by atoms with Crippen molar-refractivity contribution in [3.63, 3.8) is 0 Å². The molecule has 0 saturated carbocycles. The smallest absolute Gasteiger partial charge is 0.265 e. The number of fused-ring (bicyclic) bond motifs is 1. The summed E-state index contributed by atoms with van der Waals surface area (Å²) in [5.74, 6) is -0.848. The van der Waals surface area contributed by atoms with Gasteiger partial charge in [0.1, 0.15) is 0 Å². The van der Waals surface area contributed by atoms with E-state index < -0.39 is 5.91 Å². The quantitative estimate of drug-likeness (QED) is 0.638. The van der Waals surface area contributed by atoms with Gasteiger partial charge in [-0.1, -0.05) is 30.3 Å². The lowest BCUT2D eigenvalue weighted by Gasteiger charge is -2.08. The Labute approximate surface area is 162 Å². The Morgan fingerprint density at radius 3 is 2.64 bits per heavy atom. The van der Waals surface area contributed by atoms with Crippen molar-refractivity contribution >= 4 is 34.1 Å². The van der Waals surface area contributed by atoms with E-state index in [0.29, 0.717) is 5.39 Å². The highest BCUT2D eigenvalue weighted by Gasteiger charge is 2.14. The minimum atomic E-state index is -0.525. The second-order valence-corrected chi connectivity index (χ2v) is 6.71. The lowest BCUT2D eigenvalue weighted by atomic mass is 10.1. The summed E-state index contributed by atoms with van der Waals surface area (Å²) in [7, 11) is 1.70. The van der Waals surface area contributed by atoms with E-state index in [9.17, 15) is 14.7 Å². The monoisotopic (exact) mass is 378 g/mol. The number of rotatable bonds is 5. The maximum absolute atomic E-state index is 12.1. The number of carbonyl (C=O) groups is 2. The van der Waals surface area contributed by atoms with Crippen molar-refractivity contribution in [2.75, 3.05) is 5.32 Å². The van der Waals surface area contributed by atoms with E-state index in [4.69, 9.17) is 0 Å². The predicted molar refractivity (Wildman–Crippen MR) is 108 cm³/mol. The van der Waals surface area contributed by atoms with Gasteiger partial charge in [0.15, 0.2) is 5.69 Å². The van der Waals surface area contributed by atoms with Crippen molar-refractivity contribution < 1.29 is 14.7 Å². The Hall–Kier alpha value is -3.48. The van der Waals surface area contributed by atoms with Gasteiger partial charge in [-0.25, -0.2) is 0 Å². The molecular weight excluding hydrogens is 356 g/mol. The average Bonchev–Trinajstić information content (AvgIpc) is 2.92. The van der Waals surface area contributed by atoms with Gasteiger partial charge >= 0.3 is 0 Å². The molecule has 0 radical (unpaired) electrons. The standard InChI is InChI=1S/C21H22N4O3/c1-13-8-9-14(2)16(12-13)22-18(26)10-11-19(27)23-24-20-15-6-4-5-7-17(15)25(3)21(20)28/h4-9,12,28H,10-11H2,1-3H3,(H,22,26). The lowest BCUT2D eigenvalue weighted by Crippen LogP contribution is -2.13. The summed E-state index contributed by atoms with van der Waals surface area (Å²) < 4.78 is 1.58. The van der Waals surface area contributed by atoms with Crippen LogP contribution in [0.4, 0.5) is 11.4 Å². The molecule has 3 aromatic rings. The number of aromatic nitrogens is 1. The van der Waals surface area contributed by atoms with E-state index in [-0.39, 0.29) is 30.3 Å². The Morgan fingerprint density at radius 1 is 1.11 bits per heavy atom. The number of amides is 2. The molecule has 2 amide bonds. The van der Waals surface area contributed by atoms with Crippen molar-refractivity contribution in [2.45, 2.75) is 26.7 Å². The number of hydrogen-bond donors (Lipinski definition) is 2. The Kier molecular flexibility index (Phi) is 5.54. The summed E-state index contributed by atoms with van der Waals surface area (Å²) in [5, 5.41) is 21.3. The van der Waals surface area contributed by atoms with Crippen LogP contribution in [0.15, 0.2) is 52.7 Å². The molecule has 0 spiro atoms. The fraction of sp³-hybridized carbons (Fsp3) is 0.238. The number of carbonyl (C=O) groups excluding carboxylic acids is 2. The third-order valence-corrected chi connectivity index (χ3v) is 4.54. The van der Waals surface area contributed by atoms with Crippen molar-refractivity contribution in [1.29, 1.82) is 0 Å². The first-order valence-corrected chi connectivity index (χ1v) is 8.95. The first kappa shape index (κ1) is 19.3. The summed E-state index contributed by atoms with van der Waals surface area (Å²) in [4.78, 5) is 24.1. The number of nitrogens with one attached hydrogen (secondary N) is 1. The number of para-hydroxylation sites is 1. The molecule has 1 heterocycles. The van der Waals surface area contributed by atoms with Gasteiger partial charge in [-0.2, -0.15) is 0 Å². The summed E-state index contributed by atoms with van der Waals surface area (Å²) in [6.45, 7) is 3.85. The molecule has 0 atom stereocenters. The maximum Gasteiger partial charge on any atom is 0.265 e. The predicted octanol–water partition coefficient (Wildman–Crippen LogP) is 4.53. The first-order chi connectivity index (χ1) is 13.4. The van der Waals surface area contributed by atoms with E-state index in [2.05, 4.69) is 15.5 Å². The van der Waals surface area contributed by atoms with Crippen LogP contribution in [0.1, 0.15) is 24.0 Å². The van der Waals surface area contributed by atoms with Gasteiger partial charge in [-0.05, 0) is 37.1 Å². The van der Waals surface area contributed by atoms with Crippen molar-refractivity contribution in [3.8, 4) is 5.88 Å². The summed E-state index contributed by atoms with van der Waals surface area (Å²) in [6.07, 6.45) is -0.0571. The van der Waals surface area contributed by atoms with Gasteiger partial charge in [0, 0.05) is 31.0 Å². The second-order valence-electron chi connectivity index (χ2n) is 6.71. The third kappa shape index (κ3) is 4.09. The van der Waals surface area contributed by atoms with Crippen LogP contribution >= 0.6 is 0 Å². The molecule has 0 unspecified atom stereocenters. The number of anilines is 1. The SMILES string of the molecule is Cc1ccc(C)c(NC(=O)CCC(=O)N=Nc2c(O)n(C)c3ccccc23)c1. The van der Waals surface area contributed by atoms with E-state index in [1.807, 2.05) is 50.2 Å². The maximum atomic E-state index is 12.1. The van der Waals surface area contributed by atoms with Crippen molar-refractivity contribution in [1.82, 2.24) is 4.57 Å². The molecule has 2 aromatic carbocycles. The summed E-state index contributed by atoms with van der Waals surface area (Å²) in [6, 6.07) is 13.1. The molecular formula is C21H22N4O3. The van der Waals surface area contributed by atoms with Crippen LogP contribution in [0.25, 0.3) is 10.9 Å². The van der Waals surface area contributed by atoms with Crippen LogP contribution in [-0.4, -0.2) is 21.5 Å². The molecule has 7 heteroatoms. The Morgan fingerprint density at radius 2 is 1.86 bits per heavy atom. The fourth-order valence-corrected chi connectivity index (χ4v) is 2.92. The van der Waals surface area contributed by atoms with Gasteiger partial charge in [-0.15, -0.1) is 10.2 Å². The Balaban J connectivity index is 1.62. The largest absolute Gasteiger partial charge is 0.493 e. The fourth-order valence-electron chi connectivity index (χ4n) is 2.92. The summed E-state index contributed by atoms with van der Waals surface area (Å²) in [5.41, 5.74) is 3.76. The van der Waals surface area contributed by atoms with Crippen molar-refractivity contribution in [3.05, 3.63) is 53.6 Å². The number of hydrogen-bond acceptors (Lipinski definition) is 4. The van der Waals surface area contributed by atoms with E-state index in [0.717, 1.165) is 22.3 Å². The van der Waals surface area contributed by atoms with Gasteiger partial charge in [0.25, 0.3) is 5.91 Å². The molecule has 2 N–H and O–H groups in total. The zero-order valence-electron chi connectivity index (χ0n) is 16.1. The average molecular weight is 378 g/mol. The van der Waals surface area contributed by atoms with Gasteiger partial charge in [0.2, 0.25) is 11.8 Å². The zero-order valence-corrected chi connectivity index (χ0v) is 16.1. The lowest BCUT2D eigenvalue weighted by molar-refractivity contribution is -0.122. The van der Waals surface area contributed by atoms with Crippen LogP contribution in [0.3, 0.4) is 0 Å². The van der Waals surface area contributed by atoms with E-state index in [1.165, 1.54) is 0 Å². The van der Waals surface area contributed by atoms with Gasteiger partial charge < -0.3 is 15.0 Å². The number of nitrogens with zero attached hydrogens (tertiary/aromatic N) is 3. The second kappa shape index (κ2) is 8.04. The van der Waals surface area contributed by atoms with Gasteiger partial charge in [0.05, 0.1) is 5.52 Å². The number of benzene rings is 2. The van der Waals surface area contributed by atoms with E-state index in [1.54, 1.807) is 17.7 Å². The van der Waals surface area contributed by atoms with Gasteiger partial charge in [-0.3, -0.25) is 9.59 Å². The van der Waals surface area contributed by atoms with Crippen LogP contribution in [0.2, 0.25) is 0 Å². The molecule has 28 heavy (non-hydrogen) atoms. The molecule has 0 fully saturated rings. The molecule has 0 saturated heterocycles. The summed E-state index contributed by atoms with van der Waals surface area (Å²) >= 11 is 0. The highest BCUT2D eigenvalue weighted by atomic mass is 16.3. The molecule has 0 aliphatic carbocycles. The minimum absolute atomic E-state index is 0.00670. The number of aryl methyl sites for hydroxylation is 3. The molecule has 144 valence electrons. The molecule has 7 nitrogen and oxygen atoms in total. The molecule has 0 bridgehead atoms. The Bertz CT molecular complexity index is 1080. The first-order valence-electron chi connectivity index (χ1n) is 8.95. The van der Waals surface area contributed by atoms with Crippen LogP contribution in [0, 0.1) is 13.8 Å². The topological polar surface area (TPSA) is 96.1 Å². The highest BCUT2D eigenvalue weighted by Crippen LogP contribution is 2.37. The number of azo groups is 1. The van der Waals surface area contributed by atoms with Crippen LogP contribution in [-0.2, 0) is 16.6 Å². The molecule has 3 rings (SSSR count). The zero-order chi connectivity index (χ0) is 20.3. The normalized spacial score (nSPS) is 11.2. The highest BCUT2D eigenvalue weighted by molar-refractivity contribution is 5.96. The molecule has 1 aromatic heterocycles. The van der Waals surface area contributed by atoms with Crippen LogP contribution in [0.5, 0.6) is 5.88 Å². The van der Waals surface area contributed by atoms with E-state index >= 15 is 0 Å². The molecule has 0 aliphatic rings. The number of aromatic hydroxyl groups is 1. The minimum Gasteiger partial charge on any atom is -0.493 e. The van der Waals surface area contributed by atoms with Crippen LogP contribution < -0.4 is 5.32 Å². The molecule has 0 aliphatic heterocycles.